The zero-order chi connectivity index (χ0) is 19.3. The number of aromatic nitrogens is 1. The van der Waals surface area contributed by atoms with Crippen molar-refractivity contribution in [1.82, 2.24) is 15.2 Å². The molecule has 1 aromatic heterocycles. The zero-order valence-corrected chi connectivity index (χ0v) is 15.4. The first-order valence-corrected chi connectivity index (χ1v) is 9.04. The highest BCUT2D eigenvalue weighted by Gasteiger charge is 2.41. The second-order valence-corrected chi connectivity index (χ2v) is 6.84. The third-order valence-electron chi connectivity index (χ3n) is 4.84. The molecule has 144 valence electrons. The molecule has 27 heavy (non-hydrogen) atoms. The average Bonchev–Trinajstić information content (AvgIpc) is 2.67. The van der Waals surface area contributed by atoms with E-state index >= 15 is 0 Å². The summed E-state index contributed by atoms with van der Waals surface area (Å²) in [6.07, 6.45) is 2.69. The molecular weight excluding hydrogens is 346 g/mol. The van der Waals surface area contributed by atoms with Crippen LogP contribution < -0.4 is 15.6 Å². The van der Waals surface area contributed by atoms with Crippen LogP contribution in [-0.4, -0.2) is 46.7 Å². The summed E-state index contributed by atoms with van der Waals surface area (Å²) in [6.45, 7) is 1.43. The highest BCUT2D eigenvalue weighted by molar-refractivity contribution is 5.86. The van der Waals surface area contributed by atoms with Crippen LogP contribution in [0.1, 0.15) is 24.0 Å². The first-order valence-electron chi connectivity index (χ1n) is 9.04. The molecule has 2 heterocycles. The van der Waals surface area contributed by atoms with Gasteiger partial charge in [0.25, 0.3) is 11.5 Å². The minimum Gasteiger partial charge on any atom is -0.497 e. The van der Waals surface area contributed by atoms with Gasteiger partial charge in [-0.05, 0) is 36.6 Å². The van der Waals surface area contributed by atoms with Crippen molar-refractivity contribution in [2.75, 3.05) is 20.2 Å². The monoisotopic (exact) mass is 371 g/mol. The number of ether oxygens (including phenoxy) is 1. The van der Waals surface area contributed by atoms with Crippen molar-refractivity contribution in [3.63, 3.8) is 0 Å². The molecule has 3 rings (SSSR count). The van der Waals surface area contributed by atoms with E-state index in [1.165, 1.54) is 0 Å². The lowest BCUT2D eigenvalue weighted by Gasteiger charge is -2.38. The molecule has 1 saturated heterocycles. The van der Waals surface area contributed by atoms with Gasteiger partial charge in [0.1, 0.15) is 5.75 Å². The number of benzene rings is 1. The van der Waals surface area contributed by atoms with Crippen LogP contribution in [0, 0.1) is 0 Å². The number of amides is 1. The first kappa shape index (κ1) is 19.1. The fourth-order valence-electron chi connectivity index (χ4n) is 3.37. The maximum absolute atomic E-state index is 12.9. The van der Waals surface area contributed by atoms with Crippen molar-refractivity contribution in [3.8, 4) is 5.75 Å². The van der Waals surface area contributed by atoms with E-state index in [-0.39, 0.29) is 18.0 Å². The number of methoxy groups -OCH3 is 1. The molecule has 1 fully saturated rings. The number of carbonyl (C=O) groups excluding carboxylic acids is 1. The van der Waals surface area contributed by atoms with Gasteiger partial charge in [-0.1, -0.05) is 18.2 Å². The van der Waals surface area contributed by atoms with Crippen LogP contribution in [0.15, 0.2) is 47.4 Å². The van der Waals surface area contributed by atoms with Crippen LogP contribution in [0.2, 0.25) is 0 Å². The van der Waals surface area contributed by atoms with Crippen molar-refractivity contribution in [2.24, 2.45) is 0 Å². The minimum absolute atomic E-state index is 0.106. The number of aromatic amines is 1. The molecule has 1 aliphatic rings. The van der Waals surface area contributed by atoms with Gasteiger partial charge in [-0.25, -0.2) is 0 Å². The Kier molecular flexibility index (Phi) is 5.93. The third-order valence-corrected chi connectivity index (χ3v) is 4.84. The van der Waals surface area contributed by atoms with Crippen molar-refractivity contribution in [1.29, 1.82) is 0 Å². The molecule has 7 heteroatoms. The van der Waals surface area contributed by atoms with Crippen molar-refractivity contribution in [3.05, 3.63) is 64.1 Å². The molecule has 7 nitrogen and oxygen atoms in total. The molecule has 3 N–H and O–H groups in total. The maximum atomic E-state index is 12.9. The predicted molar refractivity (Wildman–Crippen MR) is 101 cm³/mol. The van der Waals surface area contributed by atoms with Gasteiger partial charge in [0.15, 0.2) is 5.60 Å². The van der Waals surface area contributed by atoms with Gasteiger partial charge in [-0.2, -0.15) is 0 Å². The van der Waals surface area contributed by atoms with Gasteiger partial charge < -0.3 is 25.0 Å². The van der Waals surface area contributed by atoms with Crippen molar-refractivity contribution >= 4 is 5.91 Å². The topological polar surface area (TPSA) is 94.7 Å². The van der Waals surface area contributed by atoms with E-state index in [4.69, 9.17) is 4.74 Å². The molecule has 0 spiro atoms. The maximum Gasteiger partial charge on any atom is 0.256 e. The van der Waals surface area contributed by atoms with Crippen LogP contribution in [0.3, 0.4) is 0 Å². The number of likely N-dealkylation sites (tertiary alicyclic amines) is 1. The fourth-order valence-corrected chi connectivity index (χ4v) is 3.37. The number of aliphatic hydroxyl groups is 1. The number of carbonyl (C=O) groups is 1. The van der Waals surface area contributed by atoms with Gasteiger partial charge in [-0.15, -0.1) is 0 Å². The number of nitrogens with one attached hydrogen (secondary N) is 2. The van der Waals surface area contributed by atoms with Gasteiger partial charge in [-0.3, -0.25) is 9.59 Å². The van der Waals surface area contributed by atoms with Crippen molar-refractivity contribution < 1.29 is 14.6 Å². The second-order valence-electron chi connectivity index (χ2n) is 6.84. The van der Waals surface area contributed by atoms with Crippen molar-refractivity contribution in [2.45, 2.75) is 31.5 Å². The molecule has 1 amide bonds. The Morgan fingerprint density at radius 3 is 2.93 bits per heavy atom. The molecular formula is C20H25N3O4. The molecule has 0 aliphatic carbocycles. The quantitative estimate of drug-likeness (QED) is 0.676. The fraction of sp³-hybridized carbons (Fsp3) is 0.400. The van der Waals surface area contributed by atoms with Crippen LogP contribution in [0.5, 0.6) is 5.75 Å². The third kappa shape index (κ3) is 4.56. The van der Waals surface area contributed by atoms with Crippen LogP contribution >= 0.6 is 0 Å². The summed E-state index contributed by atoms with van der Waals surface area (Å²) in [5.74, 6) is 0.452. The molecule has 0 saturated carbocycles. The van der Waals surface area contributed by atoms with Crippen LogP contribution in [0.25, 0.3) is 0 Å². The van der Waals surface area contributed by atoms with E-state index in [0.717, 1.165) is 17.7 Å². The Morgan fingerprint density at radius 1 is 1.30 bits per heavy atom. The summed E-state index contributed by atoms with van der Waals surface area (Å²) in [6, 6.07) is 11.0. The number of rotatable bonds is 7. The van der Waals surface area contributed by atoms with Gasteiger partial charge in [0.2, 0.25) is 0 Å². The lowest BCUT2D eigenvalue weighted by Crippen LogP contribution is -2.57. The smallest absolute Gasteiger partial charge is 0.256 e. The molecule has 1 aromatic carbocycles. The summed E-state index contributed by atoms with van der Waals surface area (Å²) in [7, 11) is 1.60. The summed E-state index contributed by atoms with van der Waals surface area (Å²) in [4.78, 5) is 28.8. The largest absolute Gasteiger partial charge is 0.497 e. The first-order chi connectivity index (χ1) is 13.0. The number of pyridine rings is 1. The molecule has 2 aromatic rings. The summed E-state index contributed by atoms with van der Waals surface area (Å²) < 4.78 is 5.23. The normalized spacial score (nSPS) is 19.9. The van der Waals surface area contributed by atoms with Gasteiger partial charge >= 0.3 is 0 Å². The number of nitrogens with zero attached hydrogens (tertiary/aromatic N) is 1. The molecule has 1 atom stereocenters. The Balaban J connectivity index is 1.62. The van der Waals surface area contributed by atoms with E-state index in [2.05, 4.69) is 10.3 Å². The molecule has 0 bridgehead atoms. The van der Waals surface area contributed by atoms with E-state index < -0.39 is 5.60 Å². The SMILES string of the molecule is COc1cccc(CN2CCC[C@](O)(CNCc3ccc[nH]c3=O)C2=O)c1. The lowest BCUT2D eigenvalue weighted by molar-refractivity contribution is -0.157. The summed E-state index contributed by atoms with van der Waals surface area (Å²) in [5, 5.41) is 13.9. The Morgan fingerprint density at radius 2 is 2.15 bits per heavy atom. The summed E-state index contributed by atoms with van der Waals surface area (Å²) >= 11 is 0. The second kappa shape index (κ2) is 8.37. The van der Waals surface area contributed by atoms with E-state index in [9.17, 15) is 14.7 Å². The average molecular weight is 371 g/mol. The highest BCUT2D eigenvalue weighted by atomic mass is 16.5. The predicted octanol–water partition coefficient (Wildman–Crippen LogP) is 1.03. The lowest BCUT2D eigenvalue weighted by atomic mass is 9.91. The summed E-state index contributed by atoms with van der Waals surface area (Å²) in [5.41, 5.74) is -0.113. The molecule has 0 unspecified atom stereocenters. The Labute approximate surface area is 158 Å². The van der Waals surface area contributed by atoms with Crippen LogP contribution in [-0.2, 0) is 17.9 Å². The van der Waals surface area contributed by atoms with E-state index in [0.29, 0.717) is 31.6 Å². The number of piperidine rings is 1. The molecule has 1 aliphatic heterocycles. The van der Waals surface area contributed by atoms with Gasteiger partial charge in [0.05, 0.1) is 7.11 Å². The standard InChI is InChI=1S/C20H25N3O4/c1-27-17-7-2-5-15(11-17)13-23-10-4-8-20(26,19(23)25)14-21-12-16-6-3-9-22-18(16)24/h2-3,5-7,9,11,21,26H,4,8,10,12-14H2,1H3,(H,22,24)/t20-/m0/s1. The van der Waals surface area contributed by atoms with E-state index in [1.807, 2.05) is 24.3 Å². The number of H-pyrrole nitrogens is 1. The van der Waals surface area contributed by atoms with E-state index in [1.54, 1.807) is 30.3 Å². The number of hydrogen-bond donors (Lipinski definition) is 3. The highest BCUT2D eigenvalue weighted by Crippen LogP contribution is 2.24. The Hall–Kier alpha value is -2.64. The Bertz CT molecular complexity index is 851. The van der Waals surface area contributed by atoms with Crippen LogP contribution in [0.4, 0.5) is 0 Å². The minimum atomic E-state index is -1.46. The zero-order valence-electron chi connectivity index (χ0n) is 15.4. The van der Waals surface area contributed by atoms with Gasteiger partial charge in [0, 0.05) is 37.9 Å². The number of hydrogen-bond acceptors (Lipinski definition) is 5. The molecule has 0 radical (unpaired) electrons.